The summed E-state index contributed by atoms with van der Waals surface area (Å²) >= 11 is 0. The Kier molecular flexibility index (Phi) is 14.7. The van der Waals surface area contributed by atoms with Gasteiger partial charge in [-0.1, -0.05) is 39.3 Å². The third kappa shape index (κ3) is 8.20. The minimum atomic E-state index is -1.09. The normalized spacial score (nSPS) is 14.2. The van der Waals surface area contributed by atoms with Crippen LogP contribution >= 0.6 is 0 Å². The second-order valence-electron chi connectivity index (χ2n) is 5.93. The standard InChI is InChI=1S/C11H21Si2.3ClH.V/c1-12(2,3)10-7-8-11(9-10)13(4,5)6;;;;/h7H,8H2,1-6H3;3*1H;/q-1;;;;+4/p-3. The molecule has 0 spiro atoms. The Hall–Kier alpha value is 1.37. The van der Waals surface area contributed by atoms with Crippen LogP contribution in [0.5, 0.6) is 0 Å². The first-order valence-electron chi connectivity index (χ1n) is 5.05. The summed E-state index contributed by atoms with van der Waals surface area (Å²) in [6.45, 7) is 14.4. The molecule has 0 N–H and O–H groups in total. The molecule has 0 atom stereocenters. The van der Waals surface area contributed by atoms with Crippen molar-refractivity contribution in [1.29, 1.82) is 0 Å². The molecule has 6 heteroatoms. The number of hydrogen-bond donors (Lipinski definition) is 0. The van der Waals surface area contributed by atoms with Crippen molar-refractivity contribution in [2.75, 3.05) is 0 Å². The van der Waals surface area contributed by atoms with E-state index in [0.29, 0.717) is 0 Å². The number of hydrogen-bond acceptors (Lipinski definition) is 0. The van der Waals surface area contributed by atoms with E-state index in [4.69, 9.17) is 0 Å². The maximum Gasteiger partial charge on any atom is 4.00 e. The smallest absolute Gasteiger partial charge is 1.00 e. The Balaban J connectivity index is -0.000000211. The van der Waals surface area contributed by atoms with Gasteiger partial charge in [0, 0.05) is 8.07 Å². The first kappa shape index (κ1) is 26.8. The Labute approximate surface area is 139 Å². The van der Waals surface area contributed by atoms with Gasteiger partial charge in [-0.15, -0.1) is 6.42 Å². The van der Waals surface area contributed by atoms with E-state index in [1.807, 2.05) is 0 Å². The molecule has 0 aromatic rings. The molecular formula is C11H21Cl3Si2V. The van der Waals surface area contributed by atoms with Gasteiger partial charge in [-0.05, 0) is 0 Å². The molecule has 0 heterocycles. The van der Waals surface area contributed by atoms with Crippen LogP contribution in [0.1, 0.15) is 6.42 Å². The summed E-state index contributed by atoms with van der Waals surface area (Å²) in [6.07, 6.45) is 7.28. The van der Waals surface area contributed by atoms with E-state index in [1.165, 1.54) is 6.42 Å². The molecule has 0 aromatic carbocycles. The van der Waals surface area contributed by atoms with E-state index < -0.39 is 16.1 Å². The molecule has 0 aromatic heterocycles. The molecule has 0 nitrogen and oxygen atoms in total. The zero-order valence-electron chi connectivity index (χ0n) is 11.4. The van der Waals surface area contributed by atoms with Crippen molar-refractivity contribution in [3.8, 4) is 0 Å². The Morgan fingerprint density at radius 3 is 1.47 bits per heavy atom. The van der Waals surface area contributed by atoms with Crippen LogP contribution in [0.15, 0.2) is 16.5 Å². The minimum Gasteiger partial charge on any atom is -1.00 e. The molecule has 0 saturated carbocycles. The Morgan fingerprint density at radius 1 is 0.882 bits per heavy atom. The molecule has 0 saturated heterocycles. The molecule has 0 bridgehead atoms. The van der Waals surface area contributed by atoms with E-state index in [1.54, 1.807) is 10.4 Å². The Bertz CT molecular complexity index is 275. The summed E-state index contributed by atoms with van der Waals surface area (Å²) in [7, 11) is -2.16. The molecule has 1 aliphatic rings. The molecule has 0 aliphatic heterocycles. The van der Waals surface area contributed by atoms with Gasteiger partial charge in [-0.25, -0.2) is 11.3 Å². The summed E-state index contributed by atoms with van der Waals surface area (Å²) in [5.41, 5.74) is 0. The van der Waals surface area contributed by atoms with Gasteiger partial charge in [-0.3, -0.25) is 6.08 Å². The van der Waals surface area contributed by atoms with Crippen molar-refractivity contribution in [3.63, 3.8) is 0 Å². The third-order valence-electron chi connectivity index (χ3n) is 2.51. The fourth-order valence-corrected chi connectivity index (χ4v) is 4.05. The summed E-state index contributed by atoms with van der Waals surface area (Å²) in [5, 5.41) is 3.16. The zero-order chi connectivity index (χ0) is 10.3. The van der Waals surface area contributed by atoms with Crippen LogP contribution in [-0.4, -0.2) is 16.1 Å². The molecule has 1 aliphatic carbocycles. The minimum absolute atomic E-state index is 0. The van der Waals surface area contributed by atoms with Crippen molar-refractivity contribution in [2.45, 2.75) is 45.7 Å². The number of rotatable bonds is 2. The second-order valence-corrected chi connectivity index (χ2v) is 16.1. The van der Waals surface area contributed by atoms with Crippen LogP contribution in [0, 0.1) is 6.08 Å². The number of halogens is 3. The van der Waals surface area contributed by atoms with Gasteiger partial charge in [0.25, 0.3) is 0 Å². The SMILES string of the molecule is C[Si](C)(C)C1=[C-]C([Si](C)(C)C)=CC1.[Cl-].[Cl-].[Cl-].[V+4]. The zero-order valence-corrected chi connectivity index (χ0v) is 17.0. The van der Waals surface area contributed by atoms with Crippen molar-refractivity contribution in [3.05, 3.63) is 22.5 Å². The molecule has 99 valence electrons. The molecule has 1 rings (SSSR count). The van der Waals surface area contributed by atoms with Gasteiger partial charge in [0.15, 0.2) is 0 Å². The van der Waals surface area contributed by atoms with Crippen molar-refractivity contribution in [2.24, 2.45) is 0 Å². The van der Waals surface area contributed by atoms with E-state index in [9.17, 15) is 0 Å². The molecule has 0 fully saturated rings. The molecule has 0 amide bonds. The van der Waals surface area contributed by atoms with Crippen LogP contribution in [0.2, 0.25) is 39.3 Å². The summed E-state index contributed by atoms with van der Waals surface area (Å²) in [5.74, 6) is 0. The maximum absolute atomic E-state index is 3.67. The van der Waals surface area contributed by atoms with Gasteiger partial charge in [-0.2, -0.15) is 5.20 Å². The molecular weight excluding hydrogens is 346 g/mol. The van der Waals surface area contributed by atoms with Crippen LogP contribution < -0.4 is 37.2 Å². The van der Waals surface area contributed by atoms with Gasteiger partial charge in [0.2, 0.25) is 0 Å². The first-order chi connectivity index (χ1) is 5.71. The van der Waals surface area contributed by atoms with Gasteiger partial charge >= 0.3 is 18.6 Å². The Morgan fingerprint density at radius 2 is 1.29 bits per heavy atom. The molecule has 0 unspecified atom stereocenters. The van der Waals surface area contributed by atoms with Gasteiger partial charge in [0.1, 0.15) is 0 Å². The summed E-state index contributed by atoms with van der Waals surface area (Å²) < 4.78 is 0. The average molecular weight is 367 g/mol. The fourth-order valence-electron chi connectivity index (χ4n) is 1.46. The topological polar surface area (TPSA) is 0 Å². The van der Waals surface area contributed by atoms with Crippen LogP contribution in [0.3, 0.4) is 0 Å². The second kappa shape index (κ2) is 9.30. The van der Waals surface area contributed by atoms with Gasteiger partial charge in [0.05, 0.1) is 8.07 Å². The number of allylic oxidation sites excluding steroid dienone is 4. The maximum atomic E-state index is 3.67. The quantitative estimate of drug-likeness (QED) is 0.339. The summed E-state index contributed by atoms with van der Waals surface area (Å²) in [6, 6.07) is 0. The van der Waals surface area contributed by atoms with E-state index >= 15 is 0 Å². The van der Waals surface area contributed by atoms with Crippen LogP contribution in [0.4, 0.5) is 0 Å². The van der Waals surface area contributed by atoms with Crippen molar-refractivity contribution >= 4 is 16.1 Å². The van der Waals surface area contributed by atoms with Crippen LogP contribution in [0.25, 0.3) is 0 Å². The molecule has 1 radical (unpaired) electrons. The summed E-state index contributed by atoms with van der Waals surface area (Å²) in [4.78, 5) is 0. The predicted octanol–water partition coefficient (Wildman–Crippen LogP) is -5.19. The third-order valence-corrected chi connectivity index (χ3v) is 6.59. The van der Waals surface area contributed by atoms with E-state index in [2.05, 4.69) is 51.4 Å². The average Bonchev–Trinajstić information content (AvgIpc) is 2.28. The van der Waals surface area contributed by atoms with E-state index in [0.717, 1.165) is 0 Å². The predicted molar refractivity (Wildman–Crippen MR) is 66.1 cm³/mol. The van der Waals surface area contributed by atoms with Crippen LogP contribution in [-0.2, 0) is 18.6 Å². The van der Waals surface area contributed by atoms with E-state index in [-0.39, 0.29) is 55.8 Å². The first-order valence-corrected chi connectivity index (χ1v) is 12.1. The largest absolute Gasteiger partial charge is 4.00 e. The van der Waals surface area contributed by atoms with Gasteiger partial charge < -0.3 is 37.2 Å². The van der Waals surface area contributed by atoms with Crippen molar-refractivity contribution in [1.82, 2.24) is 0 Å². The van der Waals surface area contributed by atoms with Crippen molar-refractivity contribution < 1.29 is 55.8 Å². The molecule has 17 heavy (non-hydrogen) atoms. The fraction of sp³-hybridized carbons (Fsp3) is 0.636. The monoisotopic (exact) mass is 365 g/mol.